The van der Waals surface area contributed by atoms with Crippen LogP contribution in [0.3, 0.4) is 0 Å². The lowest BCUT2D eigenvalue weighted by Crippen LogP contribution is -2.38. The summed E-state index contributed by atoms with van der Waals surface area (Å²) in [5, 5.41) is 8.99. The number of nitrogens with one attached hydrogen (secondary N) is 1. The summed E-state index contributed by atoms with van der Waals surface area (Å²) in [5.41, 5.74) is 5.08. The first-order chi connectivity index (χ1) is 9.11. The molecule has 0 aromatic heterocycles. The lowest BCUT2D eigenvalue weighted by atomic mass is 10.1. The molecule has 0 amide bonds. The Morgan fingerprint density at radius 2 is 2.10 bits per heavy atom. The molecule has 2 unspecified atom stereocenters. The molecule has 0 aliphatic carbocycles. The highest BCUT2D eigenvalue weighted by molar-refractivity contribution is 9.10. The van der Waals surface area contributed by atoms with Gasteiger partial charge in [-0.25, -0.2) is 17.5 Å². The van der Waals surface area contributed by atoms with Crippen LogP contribution in [-0.2, 0) is 10.0 Å². The number of nitrogen functional groups attached to an aromatic ring is 1. The Balaban J connectivity index is 3.24. The standard InChI is InChI=1S/C11H15BrClFN2O3S/c1-5(4-17)6(2)16-20(18,19)8-3-7(13)9(12)11(15)10(8)14/h3,5-6,16-17H,4,15H2,1-2H3. The fraction of sp³-hybridized carbons (Fsp3) is 0.455. The summed E-state index contributed by atoms with van der Waals surface area (Å²) in [7, 11) is -4.13. The van der Waals surface area contributed by atoms with Crippen molar-refractivity contribution in [2.24, 2.45) is 5.92 Å². The van der Waals surface area contributed by atoms with E-state index in [1.165, 1.54) is 0 Å². The summed E-state index contributed by atoms with van der Waals surface area (Å²) in [6.45, 7) is 3.03. The van der Waals surface area contributed by atoms with Gasteiger partial charge < -0.3 is 10.8 Å². The van der Waals surface area contributed by atoms with Crippen molar-refractivity contribution in [2.75, 3.05) is 12.3 Å². The highest BCUT2D eigenvalue weighted by Crippen LogP contribution is 2.34. The number of sulfonamides is 1. The van der Waals surface area contributed by atoms with Gasteiger partial charge in [0.2, 0.25) is 10.0 Å². The third-order valence-electron chi connectivity index (χ3n) is 2.93. The fourth-order valence-electron chi connectivity index (χ4n) is 1.38. The van der Waals surface area contributed by atoms with E-state index in [-0.39, 0.29) is 27.7 Å². The Bertz CT molecular complexity index is 612. The average Bonchev–Trinajstić information content (AvgIpc) is 2.38. The van der Waals surface area contributed by atoms with Gasteiger partial charge in [-0.3, -0.25) is 0 Å². The zero-order valence-corrected chi connectivity index (χ0v) is 14.0. The van der Waals surface area contributed by atoms with Gasteiger partial charge in [-0.05, 0) is 34.8 Å². The van der Waals surface area contributed by atoms with Crippen LogP contribution < -0.4 is 10.5 Å². The van der Waals surface area contributed by atoms with E-state index in [1.54, 1.807) is 13.8 Å². The molecule has 0 aliphatic rings. The summed E-state index contributed by atoms with van der Waals surface area (Å²) in [5.74, 6) is -1.39. The van der Waals surface area contributed by atoms with Gasteiger partial charge in [-0.15, -0.1) is 0 Å². The first kappa shape index (κ1) is 17.6. The van der Waals surface area contributed by atoms with Gasteiger partial charge in [0.05, 0.1) is 15.2 Å². The minimum absolute atomic E-state index is 0.00728. The molecule has 0 bridgehead atoms. The number of aliphatic hydroxyl groups is 1. The SMILES string of the molecule is CC(CO)C(C)NS(=O)(=O)c1cc(Cl)c(Br)c(N)c1F. The van der Waals surface area contributed by atoms with E-state index < -0.39 is 26.8 Å². The van der Waals surface area contributed by atoms with Crippen molar-refractivity contribution in [2.45, 2.75) is 24.8 Å². The second-order valence-electron chi connectivity index (χ2n) is 4.47. The number of hydrogen-bond donors (Lipinski definition) is 3. The summed E-state index contributed by atoms with van der Waals surface area (Å²) < 4.78 is 40.6. The molecule has 1 aromatic carbocycles. The normalized spacial score (nSPS) is 15.1. The number of benzene rings is 1. The van der Waals surface area contributed by atoms with E-state index >= 15 is 0 Å². The molecule has 20 heavy (non-hydrogen) atoms. The number of aliphatic hydroxyl groups excluding tert-OH is 1. The second kappa shape index (κ2) is 6.57. The van der Waals surface area contributed by atoms with Crippen LogP contribution >= 0.6 is 27.5 Å². The second-order valence-corrected chi connectivity index (χ2v) is 7.35. The number of nitrogens with two attached hydrogens (primary N) is 1. The topological polar surface area (TPSA) is 92.4 Å². The Kier molecular flexibility index (Phi) is 5.79. The van der Waals surface area contributed by atoms with Crippen molar-refractivity contribution in [1.29, 1.82) is 0 Å². The lowest BCUT2D eigenvalue weighted by Gasteiger charge is -2.20. The maximum Gasteiger partial charge on any atom is 0.243 e. The van der Waals surface area contributed by atoms with Crippen molar-refractivity contribution >= 4 is 43.2 Å². The van der Waals surface area contributed by atoms with E-state index in [1.807, 2.05) is 0 Å². The predicted molar refractivity (Wildman–Crippen MR) is 79.6 cm³/mol. The number of rotatable bonds is 5. The molecule has 0 radical (unpaired) electrons. The van der Waals surface area contributed by atoms with Gasteiger partial charge in [0.1, 0.15) is 4.90 Å². The molecule has 4 N–H and O–H groups in total. The Labute approximate surface area is 130 Å². The van der Waals surface area contributed by atoms with Gasteiger partial charge in [-0.1, -0.05) is 18.5 Å². The molecule has 5 nitrogen and oxygen atoms in total. The summed E-state index contributed by atoms with van der Waals surface area (Å²) in [4.78, 5) is -0.625. The number of anilines is 1. The molecular formula is C11H15BrClFN2O3S. The number of halogens is 3. The first-order valence-corrected chi connectivity index (χ1v) is 8.33. The monoisotopic (exact) mass is 388 g/mol. The van der Waals surface area contributed by atoms with E-state index in [9.17, 15) is 12.8 Å². The van der Waals surface area contributed by atoms with E-state index in [0.717, 1.165) is 6.07 Å². The van der Waals surface area contributed by atoms with E-state index in [4.69, 9.17) is 22.4 Å². The molecule has 9 heteroatoms. The van der Waals surface area contributed by atoms with Crippen LogP contribution in [0.15, 0.2) is 15.4 Å². The van der Waals surface area contributed by atoms with Crippen LogP contribution in [0.4, 0.5) is 10.1 Å². The van der Waals surface area contributed by atoms with Crippen LogP contribution in [-0.4, -0.2) is 26.2 Å². The Morgan fingerprint density at radius 1 is 1.55 bits per heavy atom. The van der Waals surface area contributed by atoms with Crippen LogP contribution in [0.25, 0.3) is 0 Å². The molecule has 1 rings (SSSR count). The van der Waals surface area contributed by atoms with Crippen LogP contribution in [0.2, 0.25) is 5.02 Å². The van der Waals surface area contributed by atoms with Crippen LogP contribution in [0, 0.1) is 11.7 Å². The van der Waals surface area contributed by atoms with Gasteiger partial charge >= 0.3 is 0 Å². The largest absolute Gasteiger partial charge is 0.396 e. The molecule has 0 heterocycles. The molecule has 0 spiro atoms. The van der Waals surface area contributed by atoms with Crippen molar-refractivity contribution in [3.63, 3.8) is 0 Å². The van der Waals surface area contributed by atoms with Gasteiger partial charge in [-0.2, -0.15) is 0 Å². The molecule has 2 atom stereocenters. The lowest BCUT2D eigenvalue weighted by molar-refractivity contribution is 0.216. The maximum atomic E-state index is 14.0. The third kappa shape index (κ3) is 3.62. The minimum Gasteiger partial charge on any atom is -0.396 e. The van der Waals surface area contributed by atoms with E-state index in [2.05, 4.69) is 20.7 Å². The van der Waals surface area contributed by atoms with Crippen molar-refractivity contribution in [3.8, 4) is 0 Å². The summed E-state index contributed by atoms with van der Waals surface area (Å²) in [6, 6.07) is 0.406. The minimum atomic E-state index is -4.13. The molecular weight excluding hydrogens is 375 g/mol. The van der Waals surface area contributed by atoms with Crippen molar-refractivity contribution in [3.05, 3.63) is 21.4 Å². The Hall–Kier alpha value is -0.410. The molecule has 0 aliphatic heterocycles. The smallest absolute Gasteiger partial charge is 0.243 e. The van der Waals surface area contributed by atoms with Crippen molar-refractivity contribution in [1.82, 2.24) is 4.72 Å². The quantitative estimate of drug-likeness (QED) is 0.531. The van der Waals surface area contributed by atoms with Crippen LogP contribution in [0.5, 0.6) is 0 Å². The van der Waals surface area contributed by atoms with E-state index in [0.29, 0.717) is 0 Å². The third-order valence-corrected chi connectivity index (χ3v) is 5.87. The molecule has 1 aromatic rings. The summed E-state index contributed by atoms with van der Waals surface area (Å²) >= 11 is 8.77. The van der Waals surface area contributed by atoms with Gasteiger partial charge in [0, 0.05) is 12.6 Å². The fourth-order valence-corrected chi connectivity index (χ4v) is 3.41. The average molecular weight is 390 g/mol. The zero-order chi connectivity index (χ0) is 15.7. The zero-order valence-electron chi connectivity index (χ0n) is 10.8. The van der Waals surface area contributed by atoms with Crippen molar-refractivity contribution < 1.29 is 17.9 Å². The predicted octanol–water partition coefficient (Wildman–Crippen LogP) is 2.12. The molecule has 0 fully saturated rings. The highest BCUT2D eigenvalue weighted by atomic mass is 79.9. The Morgan fingerprint density at radius 3 is 2.60 bits per heavy atom. The van der Waals surface area contributed by atoms with Crippen LogP contribution in [0.1, 0.15) is 13.8 Å². The maximum absolute atomic E-state index is 14.0. The first-order valence-electron chi connectivity index (χ1n) is 5.68. The molecule has 114 valence electrons. The highest BCUT2D eigenvalue weighted by Gasteiger charge is 2.27. The molecule has 0 saturated heterocycles. The van der Waals surface area contributed by atoms with Gasteiger partial charge in [0.15, 0.2) is 5.82 Å². The number of hydrogen-bond acceptors (Lipinski definition) is 4. The molecule has 0 saturated carbocycles. The summed E-state index contributed by atoms with van der Waals surface area (Å²) in [6.07, 6.45) is 0. The van der Waals surface area contributed by atoms with Gasteiger partial charge in [0.25, 0.3) is 0 Å².